The summed E-state index contributed by atoms with van der Waals surface area (Å²) in [5.74, 6) is 1.95. The molecule has 0 aromatic rings. The van der Waals surface area contributed by atoms with E-state index in [0.29, 0.717) is 5.41 Å². The Kier molecular flexibility index (Phi) is 4.07. The molecular formula is C10H20O2S. The molecule has 1 N–H and O–H groups in total. The van der Waals surface area contributed by atoms with Crippen molar-refractivity contribution >= 4 is 11.8 Å². The quantitative estimate of drug-likeness (QED) is 0.548. The van der Waals surface area contributed by atoms with Gasteiger partial charge in [-0.2, -0.15) is 11.8 Å². The first-order valence-corrected chi connectivity index (χ1v) is 6.02. The van der Waals surface area contributed by atoms with Crippen molar-refractivity contribution in [1.29, 1.82) is 0 Å². The molecule has 1 heterocycles. The molecular weight excluding hydrogens is 184 g/mol. The number of hydrogen-bond donors (Lipinski definition) is 1. The number of rotatable bonds is 5. The van der Waals surface area contributed by atoms with Crippen LogP contribution in [-0.2, 0) is 4.74 Å². The standard InChI is InChI=1S/C10H20O2S/c1-10(2,3)4-5-13-7-8(11)9-6-12-9/h8-9,11H,4-7H2,1-3H3. The zero-order valence-corrected chi connectivity index (χ0v) is 9.56. The van der Waals surface area contributed by atoms with Crippen LogP contribution < -0.4 is 0 Å². The predicted octanol–water partition coefficient (Wildman–Crippen LogP) is 1.92. The summed E-state index contributed by atoms with van der Waals surface area (Å²) in [5.41, 5.74) is 0.411. The highest BCUT2D eigenvalue weighted by atomic mass is 32.2. The fraction of sp³-hybridized carbons (Fsp3) is 1.00. The molecule has 1 fully saturated rings. The van der Waals surface area contributed by atoms with Crippen LogP contribution in [0.3, 0.4) is 0 Å². The lowest BCUT2D eigenvalue weighted by molar-refractivity contribution is 0.157. The third-order valence-corrected chi connectivity index (χ3v) is 3.14. The molecule has 0 spiro atoms. The molecule has 0 aromatic carbocycles. The van der Waals surface area contributed by atoms with E-state index >= 15 is 0 Å². The summed E-state index contributed by atoms with van der Waals surface area (Å²) < 4.78 is 5.00. The Bertz CT molecular complexity index is 149. The third-order valence-electron chi connectivity index (χ3n) is 2.07. The van der Waals surface area contributed by atoms with Gasteiger partial charge < -0.3 is 9.84 Å². The van der Waals surface area contributed by atoms with Gasteiger partial charge in [0.1, 0.15) is 6.10 Å². The van der Waals surface area contributed by atoms with E-state index in [9.17, 15) is 5.11 Å². The van der Waals surface area contributed by atoms with Gasteiger partial charge in [-0.3, -0.25) is 0 Å². The minimum Gasteiger partial charge on any atom is -0.389 e. The fourth-order valence-electron chi connectivity index (χ4n) is 0.967. The van der Waals surface area contributed by atoms with Gasteiger partial charge >= 0.3 is 0 Å². The Labute approximate surface area is 85.0 Å². The molecule has 0 bridgehead atoms. The number of ether oxygens (including phenoxy) is 1. The molecule has 0 saturated carbocycles. The van der Waals surface area contributed by atoms with Crippen LogP contribution >= 0.6 is 11.8 Å². The van der Waals surface area contributed by atoms with Crippen molar-refractivity contribution in [3.63, 3.8) is 0 Å². The van der Waals surface area contributed by atoms with E-state index in [1.54, 1.807) is 0 Å². The number of aliphatic hydroxyl groups is 1. The van der Waals surface area contributed by atoms with E-state index in [0.717, 1.165) is 18.1 Å². The lowest BCUT2D eigenvalue weighted by Crippen LogP contribution is -2.18. The van der Waals surface area contributed by atoms with Gasteiger partial charge in [0.2, 0.25) is 0 Å². The van der Waals surface area contributed by atoms with Crippen LogP contribution in [0.4, 0.5) is 0 Å². The Morgan fingerprint density at radius 1 is 1.54 bits per heavy atom. The van der Waals surface area contributed by atoms with E-state index < -0.39 is 0 Å². The van der Waals surface area contributed by atoms with Crippen molar-refractivity contribution in [3.8, 4) is 0 Å². The summed E-state index contributed by atoms with van der Waals surface area (Å²) in [6.07, 6.45) is 1.10. The molecule has 2 unspecified atom stereocenters. The summed E-state index contributed by atoms with van der Waals surface area (Å²) >= 11 is 1.83. The zero-order chi connectivity index (χ0) is 9.90. The highest BCUT2D eigenvalue weighted by Gasteiger charge is 2.30. The Morgan fingerprint density at radius 3 is 2.62 bits per heavy atom. The van der Waals surface area contributed by atoms with Gasteiger partial charge in [0, 0.05) is 5.75 Å². The second-order valence-electron chi connectivity index (χ2n) is 4.82. The molecule has 13 heavy (non-hydrogen) atoms. The van der Waals surface area contributed by atoms with Gasteiger partial charge in [0.15, 0.2) is 0 Å². The maximum Gasteiger partial charge on any atom is 0.108 e. The van der Waals surface area contributed by atoms with Crippen LogP contribution in [0, 0.1) is 5.41 Å². The molecule has 0 aliphatic carbocycles. The lowest BCUT2D eigenvalue weighted by Gasteiger charge is -2.17. The smallest absolute Gasteiger partial charge is 0.108 e. The second-order valence-corrected chi connectivity index (χ2v) is 5.97. The summed E-state index contributed by atoms with van der Waals surface area (Å²) in [7, 11) is 0. The van der Waals surface area contributed by atoms with Gasteiger partial charge in [-0.05, 0) is 17.6 Å². The first-order chi connectivity index (χ1) is 5.99. The third kappa shape index (κ3) is 5.55. The largest absolute Gasteiger partial charge is 0.389 e. The van der Waals surface area contributed by atoms with E-state index in [1.165, 1.54) is 6.42 Å². The number of thioether (sulfide) groups is 1. The lowest BCUT2D eigenvalue weighted by atomic mass is 9.94. The van der Waals surface area contributed by atoms with Gasteiger partial charge in [-0.25, -0.2) is 0 Å². The van der Waals surface area contributed by atoms with Crippen LogP contribution in [0.15, 0.2) is 0 Å². The summed E-state index contributed by atoms with van der Waals surface area (Å²) in [4.78, 5) is 0. The van der Waals surface area contributed by atoms with Gasteiger partial charge in [0.25, 0.3) is 0 Å². The highest BCUT2D eigenvalue weighted by molar-refractivity contribution is 7.99. The first-order valence-electron chi connectivity index (χ1n) is 4.86. The Balaban J connectivity index is 1.94. The van der Waals surface area contributed by atoms with Crippen molar-refractivity contribution in [1.82, 2.24) is 0 Å². The number of aliphatic hydroxyl groups excluding tert-OH is 1. The van der Waals surface area contributed by atoms with E-state index in [1.807, 2.05) is 11.8 Å². The molecule has 0 amide bonds. The molecule has 2 atom stereocenters. The summed E-state index contributed by atoms with van der Waals surface area (Å²) in [6.45, 7) is 7.48. The minimum absolute atomic E-state index is 0.141. The van der Waals surface area contributed by atoms with E-state index in [-0.39, 0.29) is 12.2 Å². The molecule has 3 heteroatoms. The number of epoxide rings is 1. The average Bonchev–Trinajstić information content (AvgIpc) is 2.77. The minimum atomic E-state index is -0.245. The van der Waals surface area contributed by atoms with Gasteiger partial charge in [0.05, 0.1) is 12.7 Å². The molecule has 1 saturated heterocycles. The van der Waals surface area contributed by atoms with Crippen molar-refractivity contribution in [2.75, 3.05) is 18.1 Å². The summed E-state index contributed by atoms with van der Waals surface area (Å²) in [6, 6.07) is 0. The molecule has 78 valence electrons. The SMILES string of the molecule is CC(C)(C)CCSCC(O)C1CO1. The Hall–Kier alpha value is 0.270. The van der Waals surface area contributed by atoms with Crippen molar-refractivity contribution in [2.45, 2.75) is 39.4 Å². The topological polar surface area (TPSA) is 32.8 Å². The molecule has 1 aliphatic heterocycles. The molecule has 0 radical (unpaired) electrons. The zero-order valence-electron chi connectivity index (χ0n) is 8.75. The van der Waals surface area contributed by atoms with Crippen molar-refractivity contribution < 1.29 is 9.84 Å². The molecule has 1 rings (SSSR count). The monoisotopic (exact) mass is 204 g/mol. The predicted molar refractivity (Wildman–Crippen MR) is 57.1 cm³/mol. The second kappa shape index (κ2) is 4.67. The van der Waals surface area contributed by atoms with Crippen LogP contribution in [0.5, 0.6) is 0 Å². The maximum atomic E-state index is 9.47. The van der Waals surface area contributed by atoms with Crippen LogP contribution in [-0.4, -0.2) is 35.4 Å². The average molecular weight is 204 g/mol. The summed E-state index contributed by atoms with van der Waals surface area (Å²) in [5, 5.41) is 9.47. The van der Waals surface area contributed by atoms with E-state index in [2.05, 4.69) is 20.8 Å². The molecule has 0 aromatic heterocycles. The first kappa shape index (κ1) is 11.3. The normalized spacial score (nSPS) is 24.5. The van der Waals surface area contributed by atoms with Crippen molar-refractivity contribution in [2.24, 2.45) is 5.41 Å². The van der Waals surface area contributed by atoms with Crippen LogP contribution in [0.1, 0.15) is 27.2 Å². The van der Waals surface area contributed by atoms with Gasteiger partial charge in [-0.1, -0.05) is 20.8 Å². The Morgan fingerprint density at radius 2 is 2.15 bits per heavy atom. The van der Waals surface area contributed by atoms with Gasteiger partial charge in [-0.15, -0.1) is 0 Å². The fourth-order valence-corrected chi connectivity index (χ4v) is 2.35. The molecule has 2 nitrogen and oxygen atoms in total. The van der Waals surface area contributed by atoms with Crippen LogP contribution in [0.25, 0.3) is 0 Å². The van der Waals surface area contributed by atoms with Crippen molar-refractivity contribution in [3.05, 3.63) is 0 Å². The highest BCUT2D eigenvalue weighted by Crippen LogP contribution is 2.23. The maximum absolute atomic E-state index is 9.47. The van der Waals surface area contributed by atoms with Crippen LogP contribution in [0.2, 0.25) is 0 Å². The number of hydrogen-bond acceptors (Lipinski definition) is 3. The van der Waals surface area contributed by atoms with E-state index in [4.69, 9.17) is 4.74 Å². The molecule has 1 aliphatic rings.